The van der Waals surface area contributed by atoms with E-state index in [9.17, 15) is 9.18 Å². The van der Waals surface area contributed by atoms with E-state index in [1.165, 1.54) is 13.1 Å². The lowest BCUT2D eigenvalue weighted by Crippen LogP contribution is -2.37. The van der Waals surface area contributed by atoms with Crippen LogP contribution in [0.3, 0.4) is 0 Å². The van der Waals surface area contributed by atoms with Crippen molar-refractivity contribution < 1.29 is 9.18 Å². The summed E-state index contributed by atoms with van der Waals surface area (Å²) in [6.45, 7) is 2.25. The summed E-state index contributed by atoms with van der Waals surface area (Å²) in [6, 6.07) is 3.29. The van der Waals surface area contributed by atoms with Crippen LogP contribution in [-0.4, -0.2) is 22.3 Å². The van der Waals surface area contributed by atoms with Gasteiger partial charge in [0, 0.05) is 25.2 Å². The first kappa shape index (κ1) is 11.0. The van der Waals surface area contributed by atoms with E-state index in [4.69, 9.17) is 0 Å². The number of carbonyl (C=O) groups excluding carboxylic acids is 1. The highest BCUT2D eigenvalue weighted by molar-refractivity contribution is 5.74. The number of nitrogens with zero attached hydrogens (tertiary/aromatic N) is 2. The van der Waals surface area contributed by atoms with Gasteiger partial charge in [-0.2, -0.15) is 4.39 Å². The number of aromatic nitrogens is 1. The van der Waals surface area contributed by atoms with E-state index < -0.39 is 5.95 Å². The Balaban J connectivity index is 2.30. The van der Waals surface area contributed by atoms with Gasteiger partial charge in [-0.25, -0.2) is 4.98 Å². The smallest absolute Gasteiger partial charge is 0.219 e. The van der Waals surface area contributed by atoms with Crippen molar-refractivity contribution in [2.24, 2.45) is 0 Å². The number of rotatable bonds is 1. The zero-order valence-corrected chi connectivity index (χ0v) is 9.32. The van der Waals surface area contributed by atoms with E-state index in [0.717, 1.165) is 19.3 Å². The third-order valence-corrected chi connectivity index (χ3v) is 3.05. The lowest BCUT2D eigenvalue weighted by atomic mass is 9.96. The number of carbonyl (C=O) groups is 1. The summed E-state index contributed by atoms with van der Waals surface area (Å²) >= 11 is 0. The fourth-order valence-corrected chi connectivity index (χ4v) is 2.28. The van der Waals surface area contributed by atoms with Gasteiger partial charge in [-0.3, -0.25) is 4.79 Å². The predicted octanol–water partition coefficient (Wildman–Crippen LogP) is 2.29. The fraction of sp³-hybridized carbons (Fsp3) is 0.500. The van der Waals surface area contributed by atoms with Gasteiger partial charge in [-0.1, -0.05) is 6.07 Å². The SMILES string of the molecule is CC(=O)N1CCCCC1c1cccnc1F. The zero-order chi connectivity index (χ0) is 11.5. The average Bonchev–Trinajstić information content (AvgIpc) is 2.29. The number of pyridine rings is 1. The molecule has 1 fully saturated rings. The molecule has 1 amide bonds. The molecule has 2 heterocycles. The minimum absolute atomic E-state index is 0.00736. The summed E-state index contributed by atoms with van der Waals surface area (Å²) < 4.78 is 13.6. The van der Waals surface area contributed by atoms with Crippen molar-refractivity contribution in [3.8, 4) is 0 Å². The van der Waals surface area contributed by atoms with E-state index in [1.807, 2.05) is 0 Å². The maximum Gasteiger partial charge on any atom is 0.219 e. The van der Waals surface area contributed by atoms with Crippen LogP contribution in [0.15, 0.2) is 18.3 Å². The molecule has 1 aliphatic heterocycles. The Labute approximate surface area is 94.3 Å². The van der Waals surface area contributed by atoms with E-state index in [2.05, 4.69) is 4.98 Å². The standard InChI is InChI=1S/C12H15FN2O/c1-9(16)15-8-3-2-6-11(15)10-5-4-7-14-12(10)13/h4-5,7,11H,2-3,6,8H2,1H3. The molecule has 3 nitrogen and oxygen atoms in total. The number of halogens is 1. The summed E-state index contributed by atoms with van der Waals surface area (Å²) in [5, 5.41) is 0. The Bertz CT molecular complexity index is 394. The molecule has 16 heavy (non-hydrogen) atoms. The molecule has 0 saturated carbocycles. The second-order valence-corrected chi connectivity index (χ2v) is 4.11. The largest absolute Gasteiger partial charge is 0.336 e. The highest BCUT2D eigenvalue weighted by atomic mass is 19.1. The second kappa shape index (κ2) is 4.60. The molecule has 2 rings (SSSR count). The number of hydrogen-bond donors (Lipinski definition) is 0. The van der Waals surface area contributed by atoms with Crippen molar-refractivity contribution in [2.75, 3.05) is 6.54 Å². The quantitative estimate of drug-likeness (QED) is 0.683. The van der Waals surface area contributed by atoms with Gasteiger partial charge in [0.05, 0.1) is 6.04 Å². The van der Waals surface area contributed by atoms with Crippen LogP contribution >= 0.6 is 0 Å². The van der Waals surface area contributed by atoms with Gasteiger partial charge >= 0.3 is 0 Å². The molecule has 86 valence electrons. The van der Waals surface area contributed by atoms with Crippen LogP contribution in [0.4, 0.5) is 4.39 Å². The van der Waals surface area contributed by atoms with Gasteiger partial charge in [0.25, 0.3) is 0 Å². The van der Waals surface area contributed by atoms with E-state index in [0.29, 0.717) is 12.1 Å². The Morgan fingerprint density at radius 1 is 1.56 bits per heavy atom. The number of likely N-dealkylation sites (tertiary alicyclic amines) is 1. The molecular formula is C12H15FN2O. The number of hydrogen-bond acceptors (Lipinski definition) is 2. The highest BCUT2D eigenvalue weighted by Gasteiger charge is 2.27. The first-order valence-electron chi connectivity index (χ1n) is 5.58. The van der Waals surface area contributed by atoms with Crippen molar-refractivity contribution in [3.63, 3.8) is 0 Å². The van der Waals surface area contributed by atoms with Gasteiger partial charge in [0.1, 0.15) is 0 Å². The molecule has 1 saturated heterocycles. The van der Waals surface area contributed by atoms with Crippen LogP contribution < -0.4 is 0 Å². The third kappa shape index (κ3) is 2.05. The monoisotopic (exact) mass is 222 g/mol. The average molecular weight is 222 g/mol. The van der Waals surface area contributed by atoms with Crippen LogP contribution in [0.2, 0.25) is 0 Å². The van der Waals surface area contributed by atoms with Gasteiger partial charge < -0.3 is 4.90 Å². The molecule has 0 aromatic carbocycles. The van der Waals surface area contributed by atoms with Crippen LogP contribution in [0.5, 0.6) is 0 Å². The van der Waals surface area contributed by atoms with Crippen LogP contribution in [0, 0.1) is 5.95 Å². The van der Waals surface area contributed by atoms with Crippen molar-refractivity contribution >= 4 is 5.91 Å². The molecule has 1 aromatic rings. The maximum atomic E-state index is 13.6. The number of piperidine rings is 1. The van der Waals surface area contributed by atoms with Crippen LogP contribution in [0.1, 0.15) is 37.8 Å². The molecule has 4 heteroatoms. The lowest BCUT2D eigenvalue weighted by Gasteiger charge is -2.35. The van der Waals surface area contributed by atoms with Crippen molar-refractivity contribution in [1.29, 1.82) is 0 Å². The molecule has 0 N–H and O–H groups in total. The van der Waals surface area contributed by atoms with E-state index in [-0.39, 0.29) is 11.9 Å². The van der Waals surface area contributed by atoms with E-state index in [1.54, 1.807) is 17.0 Å². The molecule has 1 unspecified atom stereocenters. The summed E-state index contributed by atoms with van der Waals surface area (Å²) in [4.78, 5) is 16.9. The Kier molecular flexibility index (Phi) is 3.17. The Hall–Kier alpha value is -1.45. The molecular weight excluding hydrogens is 207 g/mol. The molecule has 0 radical (unpaired) electrons. The summed E-state index contributed by atoms with van der Waals surface area (Å²) in [7, 11) is 0. The van der Waals surface area contributed by atoms with Crippen molar-refractivity contribution in [3.05, 3.63) is 29.8 Å². The van der Waals surface area contributed by atoms with Gasteiger partial charge in [0.2, 0.25) is 11.9 Å². The van der Waals surface area contributed by atoms with Gasteiger partial charge in [-0.15, -0.1) is 0 Å². The zero-order valence-electron chi connectivity index (χ0n) is 9.32. The topological polar surface area (TPSA) is 33.2 Å². The first-order chi connectivity index (χ1) is 7.70. The Morgan fingerprint density at radius 2 is 2.38 bits per heavy atom. The van der Waals surface area contributed by atoms with Crippen LogP contribution in [-0.2, 0) is 4.79 Å². The predicted molar refractivity (Wildman–Crippen MR) is 58.2 cm³/mol. The van der Waals surface area contributed by atoms with Gasteiger partial charge in [0.15, 0.2) is 0 Å². The van der Waals surface area contributed by atoms with Crippen LogP contribution in [0.25, 0.3) is 0 Å². The maximum absolute atomic E-state index is 13.6. The molecule has 1 aliphatic rings. The highest BCUT2D eigenvalue weighted by Crippen LogP contribution is 2.31. The first-order valence-corrected chi connectivity index (χ1v) is 5.58. The third-order valence-electron chi connectivity index (χ3n) is 3.05. The molecule has 1 atom stereocenters. The molecule has 0 aliphatic carbocycles. The molecule has 1 aromatic heterocycles. The second-order valence-electron chi connectivity index (χ2n) is 4.11. The van der Waals surface area contributed by atoms with Crippen molar-refractivity contribution in [2.45, 2.75) is 32.2 Å². The summed E-state index contributed by atoms with van der Waals surface area (Å²) in [5.41, 5.74) is 0.539. The molecule has 0 bridgehead atoms. The minimum atomic E-state index is -0.458. The molecule has 0 spiro atoms. The summed E-state index contributed by atoms with van der Waals surface area (Å²) in [5.74, 6) is -0.450. The fourth-order valence-electron chi connectivity index (χ4n) is 2.28. The Morgan fingerprint density at radius 3 is 3.06 bits per heavy atom. The van der Waals surface area contributed by atoms with Crippen molar-refractivity contribution in [1.82, 2.24) is 9.88 Å². The normalized spacial score (nSPS) is 20.9. The summed E-state index contributed by atoms with van der Waals surface area (Å²) in [6.07, 6.45) is 4.28. The number of amides is 1. The minimum Gasteiger partial charge on any atom is -0.336 e. The lowest BCUT2D eigenvalue weighted by molar-refractivity contribution is -0.132. The van der Waals surface area contributed by atoms with Gasteiger partial charge in [-0.05, 0) is 25.3 Å². The van der Waals surface area contributed by atoms with E-state index >= 15 is 0 Å².